The van der Waals surface area contributed by atoms with E-state index in [9.17, 15) is 17.6 Å². The van der Waals surface area contributed by atoms with Crippen LogP contribution in [0.3, 0.4) is 0 Å². The predicted molar refractivity (Wildman–Crippen MR) is 45.3 cm³/mol. The fraction of sp³-hybridized carbons (Fsp3) is 0.333. The Labute approximate surface area is 78.5 Å². The zero-order valence-electron chi connectivity index (χ0n) is 7.40. The number of halogens is 4. The van der Waals surface area contributed by atoms with Gasteiger partial charge in [-0.15, -0.1) is 0 Å². The van der Waals surface area contributed by atoms with Crippen molar-refractivity contribution in [3.05, 3.63) is 29.6 Å². The third kappa shape index (κ3) is 2.16. The Morgan fingerprint density at radius 1 is 1.29 bits per heavy atom. The zero-order valence-corrected chi connectivity index (χ0v) is 7.40. The minimum atomic E-state index is -4.33. The van der Waals surface area contributed by atoms with Crippen LogP contribution in [-0.4, -0.2) is 6.18 Å². The normalized spacial score (nSPS) is 14.1. The van der Waals surface area contributed by atoms with Crippen LogP contribution in [0.5, 0.6) is 0 Å². The van der Waals surface area contributed by atoms with Crippen molar-refractivity contribution < 1.29 is 17.6 Å². The lowest BCUT2D eigenvalue weighted by Gasteiger charge is -2.16. The van der Waals surface area contributed by atoms with Crippen LogP contribution in [0.1, 0.15) is 18.4 Å². The van der Waals surface area contributed by atoms with Crippen molar-refractivity contribution in [2.24, 2.45) is 0 Å². The van der Waals surface area contributed by atoms with Gasteiger partial charge in [0.25, 0.3) is 0 Å². The molecule has 0 radical (unpaired) electrons. The standard InChI is InChI=1S/C9H9F4N/c1-5(9(11,12)13)6-2-3-7(10)8(14)4-6/h2-5H,14H2,1H3. The predicted octanol–water partition coefficient (Wildman–Crippen LogP) is 3.07. The Balaban J connectivity index is 3.03. The van der Waals surface area contributed by atoms with Gasteiger partial charge < -0.3 is 5.73 Å². The number of anilines is 1. The van der Waals surface area contributed by atoms with Crippen molar-refractivity contribution in [1.82, 2.24) is 0 Å². The molecule has 0 aliphatic carbocycles. The molecule has 0 aliphatic heterocycles. The molecule has 1 rings (SSSR count). The fourth-order valence-electron chi connectivity index (χ4n) is 1.02. The highest BCUT2D eigenvalue weighted by Gasteiger charge is 2.37. The van der Waals surface area contributed by atoms with Gasteiger partial charge in [-0.2, -0.15) is 13.2 Å². The van der Waals surface area contributed by atoms with Crippen LogP contribution in [0.2, 0.25) is 0 Å². The van der Waals surface area contributed by atoms with E-state index in [1.165, 1.54) is 0 Å². The zero-order chi connectivity index (χ0) is 10.9. The van der Waals surface area contributed by atoms with Crippen molar-refractivity contribution in [3.8, 4) is 0 Å². The fourth-order valence-corrected chi connectivity index (χ4v) is 1.02. The first kappa shape index (κ1) is 10.8. The van der Waals surface area contributed by atoms with Crippen LogP contribution in [0.15, 0.2) is 18.2 Å². The second-order valence-corrected chi connectivity index (χ2v) is 3.04. The van der Waals surface area contributed by atoms with Gasteiger partial charge in [0.2, 0.25) is 0 Å². The Kier molecular flexibility index (Phi) is 2.69. The first-order chi connectivity index (χ1) is 6.32. The van der Waals surface area contributed by atoms with Gasteiger partial charge in [0, 0.05) is 0 Å². The monoisotopic (exact) mass is 207 g/mol. The third-order valence-electron chi connectivity index (χ3n) is 2.01. The molecule has 1 atom stereocenters. The molecular formula is C9H9F4N. The SMILES string of the molecule is CC(c1ccc(F)c(N)c1)C(F)(F)F. The van der Waals surface area contributed by atoms with Crippen LogP contribution in [0, 0.1) is 5.82 Å². The summed E-state index contributed by atoms with van der Waals surface area (Å²) in [5.74, 6) is -2.34. The highest BCUT2D eigenvalue weighted by molar-refractivity contribution is 5.43. The summed E-state index contributed by atoms with van der Waals surface area (Å²) in [5.41, 5.74) is 4.86. The average Bonchev–Trinajstić information content (AvgIpc) is 2.07. The van der Waals surface area contributed by atoms with E-state index in [1.54, 1.807) is 0 Å². The molecule has 0 amide bonds. The molecule has 0 aliphatic rings. The summed E-state index contributed by atoms with van der Waals surface area (Å²) in [4.78, 5) is 0. The third-order valence-corrected chi connectivity index (χ3v) is 2.01. The summed E-state index contributed by atoms with van der Waals surface area (Å²) in [6, 6.07) is 3.03. The summed E-state index contributed by atoms with van der Waals surface area (Å²) < 4.78 is 49.4. The maximum Gasteiger partial charge on any atom is 0.395 e. The lowest BCUT2D eigenvalue weighted by atomic mass is 10.0. The lowest BCUT2D eigenvalue weighted by molar-refractivity contribution is -0.146. The molecule has 0 spiro atoms. The minimum Gasteiger partial charge on any atom is -0.396 e. The molecule has 0 saturated carbocycles. The van der Waals surface area contributed by atoms with Gasteiger partial charge in [-0.3, -0.25) is 0 Å². The molecule has 0 aromatic heterocycles. The van der Waals surface area contributed by atoms with Crippen LogP contribution >= 0.6 is 0 Å². The Bertz CT molecular complexity index is 332. The molecule has 0 saturated heterocycles. The second kappa shape index (κ2) is 3.48. The van der Waals surface area contributed by atoms with Crippen LogP contribution in [0.4, 0.5) is 23.2 Å². The van der Waals surface area contributed by atoms with Crippen molar-refractivity contribution in [2.45, 2.75) is 19.0 Å². The van der Waals surface area contributed by atoms with Gasteiger partial charge in [-0.25, -0.2) is 4.39 Å². The molecule has 78 valence electrons. The summed E-state index contributed by atoms with van der Waals surface area (Å²) in [6.45, 7) is 1.01. The van der Waals surface area contributed by atoms with Crippen LogP contribution in [-0.2, 0) is 0 Å². The summed E-state index contributed by atoms with van der Waals surface area (Å²) in [7, 11) is 0. The van der Waals surface area contributed by atoms with Gasteiger partial charge >= 0.3 is 6.18 Å². The molecular weight excluding hydrogens is 198 g/mol. The second-order valence-electron chi connectivity index (χ2n) is 3.04. The molecule has 0 fully saturated rings. The molecule has 0 bridgehead atoms. The van der Waals surface area contributed by atoms with E-state index in [0.717, 1.165) is 25.1 Å². The molecule has 14 heavy (non-hydrogen) atoms. The van der Waals surface area contributed by atoms with E-state index < -0.39 is 17.9 Å². The Hall–Kier alpha value is -1.26. The molecule has 2 N–H and O–H groups in total. The lowest BCUT2D eigenvalue weighted by Crippen LogP contribution is -2.17. The van der Waals surface area contributed by atoms with E-state index >= 15 is 0 Å². The smallest absolute Gasteiger partial charge is 0.395 e. The van der Waals surface area contributed by atoms with Gasteiger partial charge in [0.15, 0.2) is 0 Å². The molecule has 1 unspecified atom stereocenters. The number of hydrogen-bond acceptors (Lipinski definition) is 1. The number of alkyl halides is 3. The maximum absolute atomic E-state index is 12.7. The first-order valence-electron chi connectivity index (χ1n) is 3.94. The number of nitrogen functional groups attached to an aromatic ring is 1. The van der Waals surface area contributed by atoms with Crippen LogP contribution in [0.25, 0.3) is 0 Å². The molecule has 1 nitrogen and oxygen atoms in total. The van der Waals surface area contributed by atoms with E-state index in [0.29, 0.717) is 0 Å². The van der Waals surface area contributed by atoms with Crippen molar-refractivity contribution in [3.63, 3.8) is 0 Å². The van der Waals surface area contributed by atoms with Gasteiger partial charge in [0.1, 0.15) is 5.82 Å². The minimum absolute atomic E-state index is 0.0311. The molecule has 0 heterocycles. The summed E-state index contributed by atoms with van der Waals surface area (Å²) in [5, 5.41) is 0. The largest absolute Gasteiger partial charge is 0.396 e. The Morgan fingerprint density at radius 3 is 2.29 bits per heavy atom. The first-order valence-corrected chi connectivity index (χ1v) is 3.94. The highest BCUT2D eigenvalue weighted by Crippen LogP contribution is 2.35. The molecule has 1 aromatic rings. The number of benzene rings is 1. The number of hydrogen-bond donors (Lipinski definition) is 1. The van der Waals surface area contributed by atoms with E-state index in [4.69, 9.17) is 5.73 Å². The number of nitrogens with two attached hydrogens (primary N) is 1. The number of rotatable bonds is 1. The molecule has 1 aromatic carbocycles. The topological polar surface area (TPSA) is 26.0 Å². The van der Waals surface area contributed by atoms with Gasteiger partial charge in [-0.1, -0.05) is 6.07 Å². The summed E-state index contributed by atoms with van der Waals surface area (Å²) >= 11 is 0. The van der Waals surface area contributed by atoms with Gasteiger partial charge in [0.05, 0.1) is 11.6 Å². The Morgan fingerprint density at radius 2 is 1.86 bits per heavy atom. The highest BCUT2D eigenvalue weighted by atomic mass is 19.4. The van der Waals surface area contributed by atoms with E-state index in [2.05, 4.69) is 0 Å². The van der Waals surface area contributed by atoms with Crippen LogP contribution < -0.4 is 5.73 Å². The van der Waals surface area contributed by atoms with Crippen molar-refractivity contribution in [1.29, 1.82) is 0 Å². The van der Waals surface area contributed by atoms with E-state index in [-0.39, 0.29) is 11.3 Å². The quantitative estimate of drug-likeness (QED) is 0.555. The van der Waals surface area contributed by atoms with Gasteiger partial charge in [-0.05, 0) is 24.6 Å². The average molecular weight is 207 g/mol. The van der Waals surface area contributed by atoms with Crippen molar-refractivity contribution in [2.75, 3.05) is 5.73 Å². The van der Waals surface area contributed by atoms with E-state index in [1.807, 2.05) is 0 Å². The van der Waals surface area contributed by atoms with Crippen molar-refractivity contribution >= 4 is 5.69 Å². The maximum atomic E-state index is 12.7. The summed E-state index contributed by atoms with van der Waals surface area (Å²) in [6.07, 6.45) is -4.33. The molecule has 5 heteroatoms.